The maximum absolute atomic E-state index is 14.3. The van der Waals surface area contributed by atoms with E-state index in [-0.39, 0.29) is 5.82 Å². The first-order chi connectivity index (χ1) is 12.0. The Hall–Kier alpha value is -1.73. The summed E-state index contributed by atoms with van der Waals surface area (Å²) in [6, 6.07) is 3.24. The van der Waals surface area contributed by atoms with Crippen LogP contribution in [0.15, 0.2) is 33.3 Å². The van der Waals surface area contributed by atoms with Gasteiger partial charge in [-0.15, -0.1) is 0 Å². The second-order valence-electron chi connectivity index (χ2n) is 5.77. The molecule has 0 radical (unpaired) electrons. The van der Waals surface area contributed by atoms with E-state index >= 15 is 0 Å². The molecule has 0 unspecified atom stereocenters. The molecule has 0 spiro atoms. The van der Waals surface area contributed by atoms with Crippen LogP contribution in [-0.2, 0) is 0 Å². The molecule has 3 rings (SSSR count). The molecule has 2 aliphatic rings. The van der Waals surface area contributed by atoms with Gasteiger partial charge in [-0.2, -0.15) is 5.10 Å². The molecule has 25 heavy (non-hydrogen) atoms. The molecule has 0 bridgehead atoms. The number of aliphatic imine (C=N–C) groups is 1. The van der Waals surface area contributed by atoms with Gasteiger partial charge >= 0.3 is 0 Å². The maximum atomic E-state index is 14.3. The Morgan fingerprint density at radius 1 is 1.36 bits per heavy atom. The van der Waals surface area contributed by atoms with Crippen LogP contribution in [0.3, 0.4) is 0 Å². The van der Waals surface area contributed by atoms with E-state index in [1.165, 1.54) is 12.5 Å². The zero-order valence-corrected chi connectivity index (χ0v) is 16.6. The number of hydrazone groups is 1. The van der Waals surface area contributed by atoms with Gasteiger partial charge in [0.1, 0.15) is 5.69 Å². The Balaban J connectivity index is 0.000000701. The lowest BCUT2D eigenvalue weighted by atomic mass is 10.1. The molecule has 0 aromatic heterocycles. The molecule has 1 fully saturated rings. The number of nitrogens with zero attached hydrogens (tertiary/aromatic N) is 4. The summed E-state index contributed by atoms with van der Waals surface area (Å²) >= 11 is 3.31. The lowest BCUT2D eigenvalue weighted by Crippen LogP contribution is -2.51. The lowest BCUT2D eigenvalue weighted by Gasteiger charge is -2.37. The highest BCUT2D eigenvalue weighted by atomic mass is 79.9. The van der Waals surface area contributed by atoms with Crippen molar-refractivity contribution >= 4 is 39.5 Å². The number of rotatable bonds is 1. The zero-order chi connectivity index (χ0) is 18.4. The number of hydrogen-bond acceptors (Lipinski definition) is 5. The number of piperazine rings is 1. The summed E-state index contributed by atoms with van der Waals surface area (Å²) in [5.41, 5.74) is 1.59. The van der Waals surface area contributed by atoms with Gasteiger partial charge in [0.15, 0.2) is 5.82 Å². The molecule has 7 heteroatoms. The molecule has 1 aromatic rings. The SMILES string of the molecule is C=C1c2cc(Br)cc(F)c2N=C(N2CCNCC2)N1/N=C\C.CCC. The van der Waals surface area contributed by atoms with Gasteiger partial charge in [0.2, 0.25) is 5.96 Å². The molecule has 0 atom stereocenters. The normalized spacial score (nSPS) is 17.2. The highest BCUT2D eigenvalue weighted by Crippen LogP contribution is 2.38. The van der Waals surface area contributed by atoms with Gasteiger partial charge < -0.3 is 10.2 Å². The van der Waals surface area contributed by atoms with Crippen molar-refractivity contribution < 1.29 is 4.39 Å². The second kappa shape index (κ2) is 9.10. The summed E-state index contributed by atoms with van der Waals surface area (Å²) in [4.78, 5) is 6.63. The van der Waals surface area contributed by atoms with Crippen molar-refractivity contribution in [3.05, 3.63) is 34.6 Å². The summed E-state index contributed by atoms with van der Waals surface area (Å²) in [5.74, 6) is 0.261. The van der Waals surface area contributed by atoms with Gasteiger partial charge in [-0.1, -0.05) is 42.8 Å². The molecule has 5 nitrogen and oxygen atoms in total. The third-order valence-electron chi connectivity index (χ3n) is 3.63. The Labute approximate surface area is 157 Å². The number of hydrogen-bond donors (Lipinski definition) is 1. The molecular formula is C18H25BrFN5. The van der Waals surface area contributed by atoms with Crippen molar-refractivity contribution in [2.45, 2.75) is 27.2 Å². The third-order valence-corrected chi connectivity index (χ3v) is 4.08. The van der Waals surface area contributed by atoms with Crippen LogP contribution in [0.25, 0.3) is 5.70 Å². The van der Waals surface area contributed by atoms with Gasteiger partial charge in [0.25, 0.3) is 0 Å². The smallest absolute Gasteiger partial charge is 0.227 e. The standard InChI is InChI=1S/C15H17BrFN5.C3H8/c1-3-19-22-10(2)12-8-11(16)9-13(17)14(12)20-15(22)21-6-4-18-5-7-21;1-3-2/h3,8-9,18H,2,4-7H2,1H3;3H2,1-2H3/b19-3-;. The van der Waals surface area contributed by atoms with E-state index in [2.05, 4.69) is 56.7 Å². The summed E-state index contributed by atoms with van der Waals surface area (Å²) in [5, 5.41) is 9.33. The predicted molar refractivity (Wildman–Crippen MR) is 107 cm³/mol. The van der Waals surface area contributed by atoms with E-state index in [1.54, 1.807) is 11.2 Å². The molecule has 1 saturated heterocycles. The molecule has 0 amide bonds. The number of nitrogens with one attached hydrogen (secondary N) is 1. The molecule has 1 N–H and O–H groups in total. The average Bonchev–Trinajstić information content (AvgIpc) is 2.59. The van der Waals surface area contributed by atoms with Gasteiger partial charge in [-0.05, 0) is 19.1 Å². The number of fused-ring (bicyclic) bond motifs is 1. The van der Waals surface area contributed by atoms with Crippen LogP contribution in [0.2, 0.25) is 0 Å². The van der Waals surface area contributed by atoms with Crippen molar-refractivity contribution in [3.63, 3.8) is 0 Å². The molecule has 0 saturated carbocycles. The van der Waals surface area contributed by atoms with Crippen LogP contribution in [0.5, 0.6) is 0 Å². The van der Waals surface area contributed by atoms with Crippen LogP contribution in [-0.4, -0.2) is 48.3 Å². The fourth-order valence-corrected chi connectivity index (χ4v) is 3.02. The summed E-state index contributed by atoms with van der Waals surface area (Å²) in [7, 11) is 0. The molecule has 2 heterocycles. The van der Waals surface area contributed by atoms with Crippen molar-refractivity contribution in [2.24, 2.45) is 10.1 Å². The average molecular weight is 410 g/mol. The van der Waals surface area contributed by atoms with Crippen LogP contribution in [0.4, 0.5) is 10.1 Å². The Bertz CT molecular complexity index is 680. The minimum absolute atomic E-state index is 0.323. The topological polar surface area (TPSA) is 43.2 Å². The minimum atomic E-state index is -0.363. The first-order valence-corrected chi connectivity index (χ1v) is 9.34. The van der Waals surface area contributed by atoms with E-state index < -0.39 is 0 Å². The van der Waals surface area contributed by atoms with Gasteiger partial charge in [-0.3, -0.25) is 0 Å². The quantitative estimate of drug-likeness (QED) is 0.707. The second-order valence-corrected chi connectivity index (χ2v) is 6.69. The Morgan fingerprint density at radius 2 is 2.00 bits per heavy atom. The number of benzene rings is 1. The monoisotopic (exact) mass is 409 g/mol. The van der Waals surface area contributed by atoms with E-state index in [9.17, 15) is 4.39 Å². The molecule has 1 aromatic carbocycles. The molecular weight excluding hydrogens is 385 g/mol. The maximum Gasteiger partial charge on any atom is 0.227 e. The van der Waals surface area contributed by atoms with Crippen LogP contribution < -0.4 is 5.32 Å². The zero-order valence-electron chi connectivity index (χ0n) is 15.0. The van der Waals surface area contributed by atoms with Gasteiger partial charge in [0.05, 0.1) is 5.70 Å². The van der Waals surface area contributed by atoms with Crippen molar-refractivity contribution in [2.75, 3.05) is 26.2 Å². The highest BCUT2D eigenvalue weighted by molar-refractivity contribution is 9.10. The fraction of sp³-hybridized carbons (Fsp3) is 0.444. The summed E-state index contributed by atoms with van der Waals surface area (Å²) in [6.07, 6.45) is 2.93. The highest BCUT2D eigenvalue weighted by Gasteiger charge is 2.30. The summed E-state index contributed by atoms with van der Waals surface area (Å²) in [6.45, 7) is 13.5. The van der Waals surface area contributed by atoms with Crippen molar-refractivity contribution in [1.82, 2.24) is 15.2 Å². The van der Waals surface area contributed by atoms with Crippen molar-refractivity contribution in [1.29, 1.82) is 0 Å². The third kappa shape index (κ3) is 4.46. The first-order valence-electron chi connectivity index (χ1n) is 8.54. The molecule has 0 aliphatic carbocycles. The lowest BCUT2D eigenvalue weighted by molar-refractivity contribution is 0.323. The summed E-state index contributed by atoms with van der Waals surface area (Å²) < 4.78 is 15.0. The van der Waals surface area contributed by atoms with Gasteiger partial charge in [-0.25, -0.2) is 14.4 Å². The van der Waals surface area contributed by atoms with E-state index in [4.69, 9.17) is 0 Å². The largest absolute Gasteiger partial charge is 0.338 e. The fourth-order valence-electron chi connectivity index (χ4n) is 2.59. The van der Waals surface area contributed by atoms with Crippen LogP contribution in [0.1, 0.15) is 32.8 Å². The van der Waals surface area contributed by atoms with Crippen LogP contribution >= 0.6 is 15.9 Å². The van der Waals surface area contributed by atoms with E-state index in [0.717, 1.165) is 26.2 Å². The first kappa shape index (κ1) is 19.6. The van der Waals surface area contributed by atoms with Crippen LogP contribution in [0, 0.1) is 5.82 Å². The molecule has 2 aliphatic heterocycles. The number of guanidine groups is 1. The Morgan fingerprint density at radius 3 is 2.60 bits per heavy atom. The number of halogens is 2. The molecule has 136 valence electrons. The van der Waals surface area contributed by atoms with E-state index in [0.29, 0.717) is 27.4 Å². The minimum Gasteiger partial charge on any atom is -0.338 e. The van der Waals surface area contributed by atoms with E-state index in [1.807, 2.05) is 13.0 Å². The van der Waals surface area contributed by atoms with Crippen molar-refractivity contribution in [3.8, 4) is 0 Å². The predicted octanol–water partition coefficient (Wildman–Crippen LogP) is 4.19. The Kier molecular flexibility index (Phi) is 7.13. The van der Waals surface area contributed by atoms with Gasteiger partial charge in [0, 0.05) is 42.4 Å².